The molecule has 4 heteroatoms. The molecule has 0 aliphatic heterocycles. The quantitative estimate of drug-likeness (QED) is 0.659. The van der Waals surface area contributed by atoms with Gasteiger partial charge < -0.3 is 10.2 Å². The van der Waals surface area contributed by atoms with Crippen LogP contribution in [0.1, 0.15) is 25.6 Å². The van der Waals surface area contributed by atoms with Gasteiger partial charge in [-0.2, -0.15) is 0 Å². The predicted molar refractivity (Wildman–Crippen MR) is 77.0 cm³/mol. The maximum absolute atomic E-state index is 4.68. The van der Waals surface area contributed by atoms with Gasteiger partial charge >= 0.3 is 0 Å². The maximum atomic E-state index is 4.68. The smallest absolute Gasteiger partial charge is 0.193 e. The van der Waals surface area contributed by atoms with E-state index in [0.29, 0.717) is 0 Å². The lowest BCUT2D eigenvalue weighted by molar-refractivity contribution is 0.530. The number of hydrogen-bond donors (Lipinski definition) is 1. The van der Waals surface area contributed by atoms with E-state index in [2.05, 4.69) is 48.6 Å². The molecule has 0 aromatic carbocycles. The van der Waals surface area contributed by atoms with E-state index in [0.717, 1.165) is 19.0 Å². The van der Waals surface area contributed by atoms with E-state index in [-0.39, 0.29) is 5.41 Å². The number of thiophene rings is 1. The second kappa shape index (κ2) is 6.05. The molecule has 0 saturated carbocycles. The number of guanidine groups is 1. The number of rotatable bonds is 4. The largest absolute Gasteiger partial charge is 0.357 e. The summed E-state index contributed by atoms with van der Waals surface area (Å²) in [6.45, 7) is 8.26. The Morgan fingerprint density at radius 2 is 2.18 bits per heavy atom. The van der Waals surface area contributed by atoms with Crippen molar-refractivity contribution in [3.05, 3.63) is 22.4 Å². The average Bonchev–Trinajstić information content (AvgIpc) is 2.77. The summed E-state index contributed by atoms with van der Waals surface area (Å²) in [5.74, 6) is 0.956. The molecule has 1 aromatic heterocycles. The lowest BCUT2D eigenvalue weighted by Gasteiger charge is -2.23. The van der Waals surface area contributed by atoms with Gasteiger partial charge in [0.2, 0.25) is 0 Å². The van der Waals surface area contributed by atoms with E-state index >= 15 is 0 Å². The highest BCUT2D eigenvalue weighted by Gasteiger charge is 2.21. The van der Waals surface area contributed by atoms with Gasteiger partial charge in [-0.1, -0.05) is 19.9 Å². The molecular formula is C13H23N3S. The van der Waals surface area contributed by atoms with Gasteiger partial charge in [-0.15, -0.1) is 11.3 Å². The zero-order valence-electron chi connectivity index (χ0n) is 11.4. The van der Waals surface area contributed by atoms with Crippen LogP contribution in [0.5, 0.6) is 0 Å². The Morgan fingerprint density at radius 1 is 1.47 bits per heavy atom. The summed E-state index contributed by atoms with van der Waals surface area (Å²) in [4.78, 5) is 8.09. The Morgan fingerprint density at radius 3 is 2.65 bits per heavy atom. The second-order valence-electron chi connectivity index (χ2n) is 4.93. The van der Waals surface area contributed by atoms with Crippen molar-refractivity contribution in [2.75, 3.05) is 27.2 Å². The molecule has 0 aliphatic carbocycles. The topological polar surface area (TPSA) is 27.6 Å². The third-order valence-electron chi connectivity index (χ3n) is 2.57. The Bertz CT molecular complexity index is 353. The molecule has 0 unspecified atom stereocenters. The standard InChI is InChI=1S/C13H23N3S/c1-6-14-12(16(4)5)15-10-13(2,3)11-8-7-9-17-11/h7-9H,6,10H2,1-5H3,(H,14,15). The first-order chi connectivity index (χ1) is 7.97. The third-order valence-corrected chi connectivity index (χ3v) is 3.81. The Kier molecular flexibility index (Phi) is 5.00. The fourth-order valence-electron chi connectivity index (χ4n) is 1.53. The van der Waals surface area contributed by atoms with E-state index < -0.39 is 0 Å². The molecule has 1 N–H and O–H groups in total. The van der Waals surface area contributed by atoms with Gasteiger partial charge in [-0.25, -0.2) is 0 Å². The van der Waals surface area contributed by atoms with Crippen LogP contribution >= 0.6 is 11.3 Å². The first-order valence-electron chi connectivity index (χ1n) is 5.97. The average molecular weight is 253 g/mol. The van der Waals surface area contributed by atoms with Crippen LogP contribution in [0.15, 0.2) is 22.5 Å². The first kappa shape index (κ1) is 14.0. The van der Waals surface area contributed by atoms with Crippen LogP contribution in [0.2, 0.25) is 0 Å². The molecule has 0 aliphatic rings. The van der Waals surface area contributed by atoms with E-state index in [1.807, 2.05) is 19.0 Å². The zero-order valence-corrected chi connectivity index (χ0v) is 12.3. The van der Waals surface area contributed by atoms with Crippen molar-refractivity contribution in [2.45, 2.75) is 26.2 Å². The molecule has 3 nitrogen and oxygen atoms in total. The molecule has 0 spiro atoms. The molecular weight excluding hydrogens is 230 g/mol. The summed E-state index contributed by atoms with van der Waals surface area (Å²) in [5.41, 5.74) is 0.102. The molecule has 1 aromatic rings. The Balaban J connectivity index is 2.73. The number of aliphatic imine (C=N–C) groups is 1. The summed E-state index contributed by atoms with van der Waals surface area (Å²) in [6.07, 6.45) is 0. The summed E-state index contributed by atoms with van der Waals surface area (Å²) in [7, 11) is 4.03. The van der Waals surface area contributed by atoms with E-state index in [1.165, 1.54) is 4.88 Å². The summed E-state index contributed by atoms with van der Waals surface area (Å²) in [5, 5.41) is 5.40. The van der Waals surface area contributed by atoms with Gasteiger partial charge in [0.1, 0.15) is 0 Å². The zero-order chi connectivity index (χ0) is 12.9. The van der Waals surface area contributed by atoms with Crippen LogP contribution < -0.4 is 5.32 Å². The van der Waals surface area contributed by atoms with Crippen LogP contribution in [0.4, 0.5) is 0 Å². The van der Waals surface area contributed by atoms with Crippen molar-refractivity contribution in [2.24, 2.45) is 4.99 Å². The highest BCUT2D eigenvalue weighted by molar-refractivity contribution is 7.10. The van der Waals surface area contributed by atoms with Crippen LogP contribution in [0.3, 0.4) is 0 Å². The molecule has 1 heterocycles. The molecule has 0 fully saturated rings. The van der Waals surface area contributed by atoms with Gasteiger partial charge in [-0.05, 0) is 18.4 Å². The lowest BCUT2D eigenvalue weighted by Crippen LogP contribution is -2.37. The Hall–Kier alpha value is -1.03. The first-order valence-corrected chi connectivity index (χ1v) is 6.85. The van der Waals surface area contributed by atoms with Gasteiger partial charge in [0.05, 0.1) is 6.54 Å². The third kappa shape index (κ3) is 4.04. The lowest BCUT2D eigenvalue weighted by atomic mass is 9.92. The van der Waals surface area contributed by atoms with Crippen LogP contribution in [-0.4, -0.2) is 38.0 Å². The number of nitrogens with one attached hydrogen (secondary N) is 1. The SMILES string of the molecule is CCNC(=NCC(C)(C)c1cccs1)N(C)C. The van der Waals surface area contributed by atoms with Gasteiger partial charge in [0.15, 0.2) is 5.96 Å². The minimum atomic E-state index is 0.102. The summed E-state index contributed by atoms with van der Waals surface area (Å²) in [6, 6.07) is 4.28. The van der Waals surface area contributed by atoms with Gasteiger partial charge in [0.25, 0.3) is 0 Å². The number of hydrogen-bond acceptors (Lipinski definition) is 2. The molecule has 0 atom stereocenters. The Labute approximate surface area is 109 Å². The molecule has 1 rings (SSSR count). The van der Waals surface area contributed by atoms with E-state index in [1.54, 1.807) is 11.3 Å². The van der Waals surface area contributed by atoms with Gasteiger partial charge in [-0.3, -0.25) is 4.99 Å². The minimum absolute atomic E-state index is 0.102. The summed E-state index contributed by atoms with van der Waals surface area (Å²) < 4.78 is 0. The second-order valence-corrected chi connectivity index (χ2v) is 5.87. The fraction of sp³-hybridized carbons (Fsp3) is 0.615. The summed E-state index contributed by atoms with van der Waals surface area (Å²) >= 11 is 1.80. The van der Waals surface area contributed by atoms with Crippen molar-refractivity contribution in [1.29, 1.82) is 0 Å². The molecule has 0 saturated heterocycles. The van der Waals surface area contributed by atoms with Gasteiger partial charge in [0, 0.05) is 30.9 Å². The van der Waals surface area contributed by atoms with Crippen molar-refractivity contribution >= 4 is 17.3 Å². The van der Waals surface area contributed by atoms with Crippen molar-refractivity contribution in [3.63, 3.8) is 0 Å². The van der Waals surface area contributed by atoms with Crippen LogP contribution in [-0.2, 0) is 5.41 Å². The molecule has 96 valence electrons. The molecule has 0 radical (unpaired) electrons. The van der Waals surface area contributed by atoms with Crippen molar-refractivity contribution in [3.8, 4) is 0 Å². The maximum Gasteiger partial charge on any atom is 0.193 e. The monoisotopic (exact) mass is 253 g/mol. The van der Waals surface area contributed by atoms with Crippen molar-refractivity contribution < 1.29 is 0 Å². The van der Waals surface area contributed by atoms with E-state index in [9.17, 15) is 0 Å². The molecule has 0 amide bonds. The fourth-order valence-corrected chi connectivity index (χ4v) is 2.37. The van der Waals surface area contributed by atoms with Crippen LogP contribution in [0, 0.1) is 0 Å². The molecule has 0 bridgehead atoms. The highest BCUT2D eigenvalue weighted by atomic mass is 32.1. The predicted octanol–water partition coefficient (Wildman–Crippen LogP) is 2.55. The normalized spacial score (nSPS) is 12.6. The molecule has 17 heavy (non-hydrogen) atoms. The number of nitrogens with zero attached hydrogens (tertiary/aromatic N) is 2. The van der Waals surface area contributed by atoms with Crippen molar-refractivity contribution in [1.82, 2.24) is 10.2 Å². The minimum Gasteiger partial charge on any atom is -0.357 e. The highest BCUT2D eigenvalue weighted by Crippen LogP contribution is 2.27. The van der Waals surface area contributed by atoms with Crippen LogP contribution in [0.25, 0.3) is 0 Å². The van der Waals surface area contributed by atoms with E-state index in [4.69, 9.17) is 0 Å².